The van der Waals surface area contributed by atoms with Crippen molar-refractivity contribution >= 4 is 16.8 Å². The van der Waals surface area contributed by atoms with Crippen molar-refractivity contribution in [3.05, 3.63) is 65.4 Å². The maximum Gasteiger partial charge on any atom is 0.223 e. The van der Waals surface area contributed by atoms with Gasteiger partial charge < -0.3 is 14.6 Å². The fourth-order valence-corrected chi connectivity index (χ4v) is 4.59. The molecule has 31 heavy (non-hydrogen) atoms. The predicted octanol–water partition coefficient (Wildman–Crippen LogP) is 4.51. The fraction of sp³-hybridized carbons (Fsp3) is 0.423. The van der Waals surface area contributed by atoms with Crippen molar-refractivity contribution in [1.82, 2.24) is 14.8 Å². The Morgan fingerprint density at radius 3 is 2.61 bits per heavy atom. The number of likely N-dealkylation sites (tertiary alicyclic amines) is 1. The van der Waals surface area contributed by atoms with Gasteiger partial charge in [-0.2, -0.15) is 0 Å². The van der Waals surface area contributed by atoms with Gasteiger partial charge in [-0.1, -0.05) is 24.3 Å². The summed E-state index contributed by atoms with van der Waals surface area (Å²) in [6.07, 6.45) is 4.09. The third kappa shape index (κ3) is 4.77. The second-order valence-corrected chi connectivity index (χ2v) is 8.52. The van der Waals surface area contributed by atoms with Crippen LogP contribution in [0.1, 0.15) is 36.5 Å². The molecule has 0 saturated carbocycles. The molecule has 0 unspecified atom stereocenters. The fourth-order valence-electron chi connectivity index (χ4n) is 4.59. The summed E-state index contributed by atoms with van der Waals surface area (Å²) in [5.41, 5.74) is 5.00. The molecular formula is C26H33N3O2. The highest BCUT2D eigenvalue weighted by atomic mass is 16.5. The lowest BCUT2D eigenvalue weighted by Crippen LogP contribution is -2.40. The number of ether oxygens (including phenoxy) is 1. The van der Waals surface area contributed by atoms with Crippen LogP contribution in [0.4, 0.5) is 0 Å². The minimum atomic E-state index is 0.109. The first-order valence-electron chi connectivity index (χ1n) is 11.3. The number of hydrogen-bond donors (Lipinski definition) is 1. The quantitative estimate of drug-likeness (QED) is 0.613. The minimum absolute atomic E-state index is 0.109. The van der Waals surface area contributed by atoms with Gasteiger partial charge in [0.1, 0.15) is 5.75 Å². The Labute approximate surface area is 185 Å². The number of aromatic nitrogens is 1. The monoisotopic (exact) mass is 419 g/mol. The molecule has 1 N–H and O–H groups in total. The van der Waals surface area contributed by atoms with E-state index in [9.17, 15) is 4.79 Å². The second kappa shape index (κ2) is 9.56. The summed E-state index contributed by atoms with van der Waals surface area (Å²) < 4.78 is 7.75. The molecule has 1 fully saturated rings. The van der Waals surface area contributed by atoms with Crippen LogP contribution < -0.4 is 10.1 Å². The number of aryl methyl sites for hydroxylation is 2. The molecule has 0 aliphatic carbocycles. The molecule has 1 aliphatic rings. The standard InChI is InChI=1S/C26H33N3O2/c1-4-29-18-22(24-15-23(31-3)9-10-25(24)29)17-28-13-11-20(12-14-28)26(30)27-16-21-8-6-5-7-19(21)2/h5-10,15,18,20H,4,11-14,16-17H2,1-3H3,(H,27,30). The molecule has 164 valence electrons. The Morgan fingerprint density at radius 2 is 1.90 bits per heavy atom. The number of amides is 1. The Morgan fingerprint density at radius 1 is 1.13 bits per heavy atom. The van der Waals surface area contributed by atoms with E-state index in [4.69, 9.17) is 4.74 Å². The molecule has 0 atom stereocenters. The molecule has 3 aromatic rings. The van der Waals surface area contributed by atoms with Crippen LogP contribution in [-0.2, 0) is 24.4 Å². The molecule has 5 heteroatoms. The number of nitrogens with one attached hydrogen (secondary N) is 1. The van der Waals surface area contributed by atoms with Crippen molar-refractivity contribution in [2.45, 2.75) is 46.3 Å². The molecule has 1 aromatic heterocycles. The zero-order valence-electron chi connectivity index (χ0n) is 18.9. The number of fused-ring (bicyclic) bond motifs is 1. The van der Waals surface area contributed by atoms with E-state index in [-0.39, 0.29) is 11.8 Å². The zero-order valence-corrected chi connectivity index (χ0v) is 18.9. The number of benzene rings is 2. The molecule has 2 heterocycles. The van der Waals surface area contributed by atoms with Crippen molar-refractivity contribution < 1.29 is 9.53 Å². The van der Waals surface area contributed by atoms with Gasteiger partial charge in [-0.3, -0.25) is 9.69 Å². The topological polar surface area (TPSA) is 46.5 Å². The maximum atomic E-state index is 12.7. The number of methoxy groups -OCH3 is 1. The Bertz CT molecular complexity index is 1050. The molecule has 2 aromatic carbocycles. The highest BCUT2D eigenvalue weighted by Gasteiger charge is 2.25. The van der Waals surface area contributed by atoms with E-state index in [0.29, 0.717) is 6.54 Å². The highest BCUT2D eigenvalue weighted by molar-refractivity contribution is 5.85. The van der Waals surface area contributed by atoms with Crippen LogP contribution in [-0.4, -0.2) is 35.6 Å². The van der Waals surface area contributed by atoms with Crippen molar-refractivity contribution in [2.24, 2.45) is 5.92 Å². The zero-order chi connectivity index (χ0) is 21.8. The van der Waals surface area contributed by atoms with Crippen LogP contribution in [0.25, 0.3) is 10.9 Å². The van der Waals surface area contributed by atoms with Crippen LogP contribution >= 0.6 is 0 Å². The van der Waals surface area contributed by atoms with Gasteiger partial charge in [-0.25, -0.2) is 0 Å². The van der Waals surface area contributed by atoms with E-state index in [1.165, 1.54) is 27.6 Å². The third-order valence-corrected chi connectivity index (χ3v) is 6.58. The van der Waals surface area contributed by atoms with Crippen molar-refractivity contribution in [2.75, 3.05) is 20.2 Å². The lowest BCUT2D eigenvalue weighted by Gasteiger charge is -2.31. The van der Waals surface area contributed by atoms with E-state index >= 15 is 0 Å². The number of rotatable bonds is 7. The van der Waals surface area contributed by atoms with Crippen LogP contribution in [0, 0.1) is 12.8 Å². The van der Waals surface area contributed by atoms with Gasteiger partial charge in [0.05, 0.1) is 7.11 Å². The third-order valence-electron chi connectivity index (χ3n) is 6.58. The van der Waals surface area contributed by atoms with E-state index in [2.05, 4.69) is 59.1 Å². The maximum absolute atomic E-state index is 12.7. The van der Waals surface area contributed by atoms with Gasteiger partial charge in [0.2, 0.25) is 5.91 Å². The van der Waals surface area contributed by atoms with Crippen LogP contribution in [0.5, 0.6) is 5.75 Å². The SMILES string of the molecule is CCn1cc(CN2CCC(C(=O)NCc3ccccc3C)CC2)c2cc(OC)ccc21. The molecule has 0 radical (unpaired) electrons. The van der Waals surface area contributed by atoms with Crippen molar-refractivity contribution in [1.29, 1.82) is 0 Å². The molecule has 4 rings (SSSR count). The average Bonchev–Trinajstić information content (AvgIpc) is 3.15. The summed E-state index contributed by atoms with van der Waals surface area (Å²) in [6, 6.07) is 14.5. The number of carbonyl (C=O) groups excluding carboxylic acids is 1. The Hall–Kier alpha value is -2.79. The predicted molar refractivity (Wildman–Crippen MR) is 125 cm³/mol. The number of carbonyl (C=O) groups is 1. The van der Waals surface area contributed by atoms with E-state index < -0.39 is 0 Å². The van der Waals surface area contributed by atoms with Gasteiger partial charge in [-0.15, -0.1) is 0 Å². The molecular weight excluding hydrogens is 386 g/mol. The molecule has 0 bridgehead atoms. The molecule has 0 spiro atoms. The normalized spacial score (nSPS) is 15.3. The first-order valence-corrected chi connectivity index (χ1v) is 11.3. The van der Waals surface area contributed by atoms with E-state index in [1.54, 1.807) is 7.11 Å². The second-order valence-electron chi connectivity index (χ2n) is 8.52. The highest BCUT2D eigenvalue weighted by Crippen LogP contribution is 2.28. The summed E-state index contributed by atoms with van der Waals surface area (Å²) in [5.74, 6) is 1.19. The summed E-state index contributed by atoms with van der Waals surface area (Å²) in [4.78, 5) is 15.2. The minimum Gasteiger partial charge on any atom is -0.497 e. The van der Waals surface area contributed by atoms with Crippen LogP contribution in [0.2, 0.25) is 0 Å². The Kier molecular flexibility index (Phi) is 6.62. The van der Waals surface area contributed by atoms with Crippen molar-refractivity contribution in [3.63, 3.8) is 0 Å². The van der Waals surface area contributed by atoms with E-state index in [1.807, 2.05) is 18.2 Å². The van der Waals surface area contributed by atoms with E-state index in [0.717, 1.165) is 44.8 Å². The lowest BCUT2D eigenvalue weighted by molar-refractivity contribution is -0.126. The summed E-state index contributed by atoms with van der Waals surface area (Å²) in [6.45, 7) is 8.64. The van der Waals surface area contributed by atoms with Gasteiger partial charge >= 0.3 is 0 Å². The molecule has 1 amide bonds. The smallest absolute Gasteiger partial charge is 0.223 e. The largest absolute Gasteiger partial charge is 0.497 e. The number of piperidine rings is 1. The van der Waals surface area contributed by atoms with Gasteiger partial charge in [-0.05, 0) is 74.7 Å². The van der Waals surface area contributed by atoms with Gasteiger partial charge in [0.15, 0.2) is 0 Å². The Balaban J connectivity index is 1.35. The van der Waals surface area contributed by atoms with Gasteiger partial charge in [0.25, 0.3) is 0 Å². The van der Waals surface area contributed by atoms with Crippen LogP contribution in [0.15, 0.2) is 48.7 Å². The first-order chi connectivity index (χ1) is 15.1. The summed E-state index contributed by atoms with van der Waals surface area (Å²) in [5, 5.41) is 4.41. The first kappa shape index (κ1) is 21.4. The number of nitrogens with zero attached hydrogens (tertiary/aromatic N) is 2. The van der Waals surface area contributed by atoms with Crippen LogP contribution in [0.3, 0.4) is 0 Å². The number of hydrogen-bond acceptors (Lipinski definition) is 3. The molecule has 1 saturated heterocycles. The molecule has 1 aliphatic heterocycles. The van der Waals surface area contributed by atoms with Crippen molar-refractivity contribution in [3.8, 4) is 5.75 Å². The van der Waals surface area contributed by atoms with Gasteiger partial charge in [0, 0.05) is 42.7 Å². The average molecular weight is 420 g/mol. The summed E-state index contributed by atoms with van der Waals surface area (Å²) in [7, 11) is 1.71. The summed E-state index contributed by atoms with van der Waals surface area (Å²) >= 11 is 0. The lowest BCUT2D eigenvalue weighted by atomic mass is 9.95. The molecule has 5 nitrogen and oxygen atoms in total.